The van der Waals surface area contributed by atoms with Crippen molar-refractivity contribution in [3.05, 3.63) is 16.5 Å². The number of sulfonamides is 1. The molecule has 1 fully saturated rings. The van der Waals surface area contributed by atoms with Crippen molar-refractivity contribution in [1.29, 1.82) is 0 Å². The Morgan fingerprint density at radius 1 is 1.47 bits per heavy atom. The third-order valence-corrected chi connectivity index (χ3v) is 6.94. The Balaban J connectivity index is 2.26. The van der Waals surface area contributed by atoms with E-state index < -0.39 is 21.9 Å². The Morgan fingerprint density at radius 3 is 2.68 bits per heavy atom. The average molecular weight is 303 g/mol. The monoisotopic (exact) mass is 303 g/mol. The van der Waals surface area contributed by atoms with Crippen molar-refractivity contribution in [3.63, 3.8) is 0 Å². The maximum Gasteiger partial charge on any atom is 0.307 e. The van der Waals surface area contributed by atoms with E-state index in [1.165, 1.54) is 15.6 Å². The highest BCUT2D eigenvalue weighted by Crippen LogP contribution is 2.30. The summed E-state index contributed by atoms with van der Waals surface area (Å²) in [5.41, 5.74) is 0.954. The van der Waals surface area contributed by atoms with Crippen molar-refractivity contribution >= 4 is 27.3 Å². The number of hydrogen-bond acceptors (Lipinski definition) is 4. The highest BCUT2D eigenvalue weighted by atomic mass is 32.2. The van der Waals surface area contributed by atoms with E-state index in [0.717, 1.165) is 10.4 Å². The Hall–Kier alpha value is -0.920. The molecule has 106 valence electrons. The number of carboxylic acids is 1. The van der Waals surface area contributed by atoms with Crippen LogP contribution in [0.2, 0.25) is 0 Å². The zero-order chi connectivity index (χ0) is 14.2. The van der Waals surface area contributed by atoms with Crippen LogP contribution in [0.1, 0.15) is 23.3 Å². The molecule has 19 heavy (non-hydrogen) atoms. The third-order valence-electron chi connectivity index (χ3n) is 3.47. The molecule has 1 aliphatic rings. The van der Waals surface area contributed by atoms with Gasteiger partial charge in [0.1, 0.15) is 4.21 Å². The van der Waals surface area contributed by atoms with Gasteiger partial charge in [0.05, 0.1) is 5.92 Å². The molecule has 1 saturated heterocycles. The molecule has 0 aromatic carbocycles. The summed E-state index contributed by atoms with van der Waals surface area (Å²) in [6.07, 6.45) is 1.14. The summed E-state index contributed by atoms with van der Waals surface area (Å²) in [6.45, 7) is 4.24. The van der Waals surface area contributed by atoms with Crippen molar-refractivity contribution < 1.29 is 18.3 Å². The molecule has 5 nitrogen and oxygen atoms in total. The summed E-state index contributed by atoms with van der Waals surface area (Å²) >= 11 is 1.25. The summed E-state index contributed by atoms with van der Waals surface area (Å²) in [4.78, 5) is 12.0. The SMILES string of the molecule is Cc1cc(S(=O)(=O)N2CCCC(C(=O)O)C2)sc1C. The summed E-state index contributed by atoms with van der Waals surface area (Å²) < 4.78 is 26.5. The molecule has 1 unspecified atom stereocenters. The van der Waals surface area contributed by atoms with Gasteiger partial charge in [-0.1, -0.05) is 0 Å². The van der Waals surface area contributed by atoms with Gasteiger partial charge in [-0.15, -0.1) is 11.3 Å². The number of hydrogen-bond donors (Lipinski definition) is 1. The van der Waals surface area contributed by atoms with Crippen LogP contribution in [0.3, 0.4) is 0 Å². The van der Waals surface area contributed by atoms with Gasteiger partial charge < -0.3 is 5.11 Å². The molecule has 0 radical (unpaired) electrons. The second-order valence-corrected chi connectivity index (χ2v) is 8.27. The minimum Gasteiger partial charge on any atom is -0.481 e. The molecule has 7 heteroatoms. The first kappa shape index (κ1) is 14.5. The van der Waals surface area contributed by atoms with Crippen molar-refractivity contribution in [2.24, 2.45) is 5.92 Å². The van der Waals surface area contributed by atoms with Gasteiger partial charge in [-0.25, -0.2) is 8.42 Å². The molecule has 1 N–H and O–H groups in total. The molecule has 1 atom stereocenters. The van der Waals surface area contributed by atoms with E-state index >= 15 is 0 Å². The van der Waals surface area contributed by atoms with Crippen molar-refractivity contribution in [2.75, 3.05) is 13.1 Å². The van der Waals surface area contributed by atoms with Crippen LogP contribution in [0.15, 0.2) is 10.3 Å². The van der Waals surface area contributed by atoms with Crippen LogP contribution >= 0.6 is 11.3 Å². The van der Waals surface area contributed by atoms with Gasteiger partial charge in [-0.2, -0.15) is 4.31 Å². The van der Waals surface area contributed by atoms with E-state index in [2.05, 4.69) is 0 Å². The maximum atomic E-state index is 12.5. The predicted molar refractivity (Wildman–Crippen MR) is 72.9 cm³/mol. The zero-order valence-corrected chi connectivity index (χ0v) is 12.6. The number of aryl methyl sites for hydroxylation is 2. The highest BCUT2D eigenvalue weighted by Gasteiger charge is 2.34. The normalized spacial score (nSPS) is 21.5. The second kappa shape index (κ2) is 5.22. The standard InChI is InChI=1S/C12H17NO4S2/c1-8-6-11(18-9(8)2)19(16,17)13-5-3-4-10(7-13)12(14)15/h6,10H,3-5,7H2,1-2H3,(H,14,15). The molecule has 2 heterocycles. The van der Waals surface area contributed by atoms with E-state index in [1.54, 1.807) is 6.07 Å². The van der Waals surface area contributed by atoms with Gasteiger partial charge in [0.15, 0.2) is 0 Å². The lowest BCUT2D eigenvalue weighted by Crippen LogP contribution is -2.42. The topological polar surface area (TPSA) is 74.7 Å². The first-order chi connectivity index (χ1) is 8.82. The fourth-order valence-electron chi connectivity index (χ4n) is 2.16. The fourth-order valence-corrected chi connectivity index (χ4v) is 5.35. The van der Waals surface area contributed by atoms with Gasteiger partial charge in [-0.05, 0) is 38.3 Å². The molecular weight excluding hydrogens is 286 g/mol. The Labute approximate surface area is 116 Å². The number of nitrogens with zero attached hydrogens (tertiary/aromatic N) is 1. The number of carboxylic acid groups (broad SMARTS) is 1. The van der Waals surface area contributed by atoms with Crippen LogP contribution in [0.25, 0.3) is 0 Å². The number of carbonyl (C=O) groups is 1. The molecule has 1 aromatic rings. The first-order valence-electron chi connectivity index (χ1n) is 6.12. The third kappa shape index (κ3) is 2.82. The summed E-state index contributed by atoms with van der Waals surface area (Å²) in [5.74, 6) is -1.51. The van der Waals surface area contributed by atoms with Crippen LogP contribution in [-0.4, -0.2) is 36.9 Å². The van der Waals surface area contributed by atoms with E-state index in [0.29, 0.717) is 23.6 Å². The van der Waals surface area contributed by atoms with Crippen molar-refractivity contribution in [2.45, 2.75) is 30.9 Å². The second-order valence-electron chi connectivity index (χ2n) is 4.85. The smallest absolute Gasteiger partial charge is 0.307 e. The van der Waals surface area contributed by atoms with E-state index in [9.17, 15) is 13.2 Å². The molecule has 1 aromatic heterocycles. The highest BCUT2D eigenvalue weighted by molar-refractivity contribution is 7.91. The Morgan fingerprint density at radius 2 is 2.16 bits per heavy atom. The molecule has 0 amide bonds. The zero-order valence-electron chi connectivity index (χ0n) is 10.9. The van der Waals surface area contributed by atoms with Crippen molar-refractivity contribution in [3.8, 4) is 0 Å². The quantitative estimate of drug-likeness (QED) is 0.924. The van der Waals surface area contributed by atoms with Gasteiger partial charge in [-0.3, -0.25) is 4.79 Å². The molecular formula is C12H17NO4S2. The minimum absolute atomic E-state index is 0.0770. The number of rotatable bonds is 3. The van der Waals surface area contributed by atoms with Gasteiger partial charge in [0.25, 0.3) is 10.0 Å². The lowest BCUT2D eigenvalue weighted by Gasteiger charge is -2.29. The molecule has 1 aliphatic heterocycles. The van der Waals surface area contributed by atoms with E-state index in [1.807, 2.05) is 13.8 Å². The number of piperidine rings is 1. The Kier molecular flexibility index (Phi) is 3.98. The lowest BCUT2D eigenvalue weighted by molar-refractivity contribution is -0.142. The van der Waals surface area contributed by atoms with Crippen LogP contribution in [0.5, 0.6) is 0 Å². The number of thiophene rings is 1. The van der Waals surface area contributed by atoms with Crippen LogP contribution in [0, 0.1) is 19.8 Å². The predicted octanol–water partition coefficient (Wildman–Crippen LogP) is 1.85. The van der Waals surface area contributed by atoms with Crippen molar-refractivity contribution in [1.82, 2.24) is 4.31 Å². The fraction of sp³-hybridized carbons (Fsp3) is 0.583. The maximum absolute atomic E-state index is 12.5. The minimum atomic E-state index is -3.54. The largest absolute Gasteiger partial charge is 0.481 e. The summed E-state index contributed by atoms with van der Waals surface area (Å²) in [5, 5.41) is 9.02. The van der Waals surface area contributed by atoms with Crippen LogP contribution < -0.4 is 0 Å². The van der Waals surface area contributed by atoms with E-state index in [-0.39, 0.29) is 6.54 Å². The first-order valence-corrected chi connectivity index (χ1v) is 8.38. The molecule has 0 spiro atoms. The van der Waals surface area contributed by atoms with Gasteiger partial charge in [0, 0.05) is 18.0 Å². The average Bonchev–Trinajstić information content (AvgIpc) is 2.70. The van der Waals surface area contributed by atoms with E-state index in [4.69, 9.17) is 5.11 Å². The van der Waals surface area contributed by atoms with Gasteiger partial charge in [0.2, 0.25) is 0 Å². The summed E-state index contributed by atoms with van der Waals surface area (Å²) in [7, 11) is -3.54. The lowest BCUT2D eigenvalue weighted by atomic mass is 10.0. The Bertz CT molecular complexity index is 571. The molecule has 0 aliphatic carbocycles. The molecule has 2 rings (SSSR count). The molecule has 0 saturated carbocycles. The summed E-state index contributed by atoms with van der Waals surface area (Å²) in [6, 6.07) is 1.67. The number of aliphatic carboxylic acids is 1. The van der Waals surface area contributed by atoms with Crippen LogP contribution in [-0.2, 0) is 14.8 Å². The molecule has 0 bridgehead atoms. The van der Waals surface area contributed by atoms with Crippen LogP contribution in [0.4, 0.5) is 0 Å². The van der Waals surface area contributed by atoms with Gasteiger partial charge >= 0.3 is 5.97 Å².